The van der Waals surface area contributed by atoms with E-state index in [2.05, 4.69) is 0 Å². The first-order chi connectivity index (χ1) is 9.60. The number of benzene rings is 1. The van der Waals surface area contributed by atoms with Gasteiger partial charge in [0.2, 0.25) is 5.91 Å². The summed E-state index contributed by atoms with van der Waals surface area (Å²) >= 11 is 5.84. The van der Waals surface area contributed by atoms with Gasteiger partial charge in [-0.3, -0.25) is 4.79 Å². The first-order valence-corrected chi connectivity index (χ1v) is 7.44. The lowest BCUT2D eigenvalue weighted by atomic mass is 10.1. The monoisotopic (exact) mass is 296 g/mol. The molecular weight excluding hydrogens is 276 g/mol. The highest BCUT2D eigenvalue weighted by atomic mass is 35.5. The van der Waals surface area contributed by atoms with Crippen LogP contribution in [-0.2, 0) is 4.79 Å². The number of carbonyl (C=O) groups is 1. The fourth-order valence-electron chi connectivity index (χ4n) is 2.31. The van der Waals surface area contributed by atoms with E-state index < -0.39 is 0 Å². The average Bonchev–Trinajstić information content (AvgIpc) is 2.49. The Morgan fingerprint density at radius 1 is 1.40 bits per heavy atom. The van der Waals surface area contributed by atoms with Crippen molar-refractivity contribution in [3.63, 3.8) is 0 Å². The maximum Gasteiger partial charge on any atom is 0.239 e. The Hall–Kier alpha value is -1.26. The van der Waals surface area contributed by atoms with Gasteiger partial charge in [-0.15, -0.1) is 0 Å². The molecule has 0 aromatic heterocycles. The van der Waals surface area contributed by atoms with Crippen molar-refractivity contribution in [2.75, 3.05) is 13.1 Å². The standard InChI is InChI=1S/C15H21ClN2O2/c1-2-14(17)15(19)18-9-7-13(8-10-18)20-12-5-3-11(16)4-6-12/h3-6,13-14H,2,7-10,17H2,1H3/t14-/m0/s1. The van der Waals surface area contributed by atoms with Crippen LogP contribution >= 0.6 is 11.6 Å². The fourth-order valence-corrected chi connectivity index (χ4v) is 2.43. The van der Waals surface area contributed by atoms with Gasteiger partial charge < -0.3 is 15.4 Å². The Kier molecular flexibility index (Phi) is 5.26. The Morgan fingerprint density at radius 2 is 2.00 bits per heavy atom. The Bertz CT molecular complexity index is 442. The van der Waals surface area contributed by atoms with Crippen LogP contribution in [0.25, 0.3) is 0 Å². The molecule has 5 heteroatoms. The van der Waals surface area contributed by atoms with Crippen molar-refractivity contribution in [1.29, 1.82) is 0 Å². The smallest absolute Gasteiger partial charge is 0.239 e. The molecule has 0 radical (unpaired) electrons. The summed E-state index contributed by atoms with van der Waals surface area (Å²) in [7, 11) is 0. The molecule has 1 atom stereocenters. The Morgan fingerprint density at radius 3 is 2.55 bits per heavy atom. The highest BCUT2D eigenvalue weighted by molar-refractivity contribution is 6.30. The summed E-state index contributed by atoms with van der Waals surface area (Å²) in [5.74, 6) is 0.877. The molecule has 0 spiro atoms. The molecule has 1 aliphatic rings. The molecule has 1 aromatic rings. The van der Waals surface area contributed by atoms with Gasteiger partial charge in [0.15, 0.2) is 0 Å². The number of hydrogen-bond acceptors (Lipinski definition) is 3. The van der Waals surface area contributed by atoms with Gasteiger partial charge in [-0.25, -0.2) is 0 Å². The molecule has 110 valence electrons. The summed E-state index contributed by atoms with van der Waals surface area (Å²) in [5, 5.41) is 0.700. The van der Waals surface area contributed by atoms with Crippen LogP contribution in [0, 0.1) is 0 Å². The van der Waals surface area contributed by atoms with Crippen LogP contribution in [0.15, 0.2) is 24.3 Å². The van der Waals surface area contributed by atoms with E-state index in [4.69, 9.17) is 22.1 Å². The Balaban J connectivity index is 1.82. The van der Waals surface area contributed by atoms with Crippen LogP contribution in [0.4, 0.5) is 0 Å². The third-order valence-corrected chi connectivity index (χ3v) is 3.88. The van der Waals surface area contributed by atoms with Crippen molar-refractivity contribution in [3.8, 4) is 5.75 Å². The quantitative estimate of drug-likeness (QED) is 0.928. The van der Waals surface area contributed by atoms with Crippen molar-refractivity contribution in [1.82, 2.24) is 4.90 Å². The number of carbonyl (C=O) groups excluding carboxylic acids is 1. The molecule has 0 bridgehead atoms. The van der Waals surface area contributed by atoms with Crippen LogP contribution < -0.4 is 10.5 Å². The number of nitrogens with zero attached hydrogens (tertiary/aromatic N) is 1. The van der Waals surface area contributed by atoms with E-state index in [0.717, 1.165) is 18.6 Å². The largest absolute Gasteiger partial charge is 0.490 e. The molecule has 1 saturated heterocycles. The lowest BCUT2D eigenvalue weighted by Crippen LogP contribution is -2.48. The molecule has 1 aromatic carbocycles. The molecule has 1 fully saturated rings. The Labute approximate surface area is 124 Å². The van der Waals surface area contributed by atoms with E-state index in [1.165, 1.54) is 0 Å². The molecule has 0 aliphatic carbocycles. The molecule has 1 amide bonds. The summed E-state index contributed by atoms with van der Waals surface area (Å²) in [5.41, 5.74) is 5.78. The van der Waals surface area contributed by atoms with Crippen molar-refractivity contribution in [2.24, 2.45) is 5.73 Å². The number of hydrogen-bond donors (Lipinski definition) is 1. The summed E-state index contributed by atoms with van der Waals surface area (Å²) in [6.07, 6.45) is 2.51. The predicted molar refractivity (Wildman–Crippen MR) is 79.9 cm³/mol. The molecule has 0 unspecified atom stereocenters. The van der Waals surface area contributed by atoms with E-state index >= 15 is 0 Å². The van der Waals surface area contributed by atoms with E-state index in [1.54, 1.807) is 0 Å². The molecule has 2 rings (SSSR count). The fraction of sp³-hybridized carbons (Fsp3) is 0.533. The van der Waals surface area contributed by atoms with Crippen LogP contribution in [0.3, 0.4) is 0 Å². The summed E-state index contributed by atoms with van der Waals surface area (Å²) in [4.78, 5) is 13.8. The highest BCUT2D eigenvalue weighted by Crippen LogP contribution is 2.21. The number of ether oxygens (including phenoxy) is 1. The molecule has 4 nitrogen and oxygen atoms in total. The number of piperidine rings is 1. The van der Waals surface area contributed by atoms with Gasteiger partial charge >= 0.3 is 0 Å². The zero-order valence-corrected chi connectivity index (χ0v) is 12.5. The highest BCUT2D eigenvalue weighted by Gasteiger charge is 2.26. The topological polar surface area (TPSA) is 55.6 Å². The number of amides is 1. The lowest BCUT2D eigenvalue weighted by Gasteiger charge is -2.33. The van der Waals surface area contributed by atoms with Gasteiger partial charge in [0.25, 0.3) is 0 Å². The molecule has 2 N–H and O–H groups in total. The maximum absolute atomic E-state index is 12.0. The molecule has 1 heterocycles. The van der Waals surface area contributed by atoms with Crippen molar-refractivity contribution in [3.05, 3.63) is 29.3 Å². The summed E-state index contributed by atoms with van der Waals surface area (Å²) in [6.45, 7) is 3.36. The minimum absolute atomic E-state index is 0.0532. The second kappa shape index (κ2) is 6.95. The minimum Gasteiger partial charge on any atom is -0.490 e. The number of nitrogens with two attached hydrogens (primary N) is 1. The van der Waals surface area contributed by atoms with Crippen LogP contribution in [-0.4, -0.2) is 36.0 Å². The van der Waals surface area contributed by atoms with E-state index in [-0.39, 0.29) is 18.1 Å². The van der Waals surface area contributed by atoms with E-state index in [1.807, 2.05) is 36.1 Å². The lowest BCUT2D eigenvalue weighted by molar-refractivity contribution is -0.134. The predicted octanol–water partition coefficient (Wildman–Crippen LogP) is 2.45. The number of rotatable bonds is 4. The third-order valence-electron chi connectivity index (χ3n) is 3.63. The van der Waals surface area contributed by atoms with Crippen LogP contribution in [0.1, 0.15) is 26.2 Å². The first-order valence-electron chi connectivity index (χ1n) is 7.06. The zero-order valence-electron chi connectivity index (χ0n) is 11.7. The van der Waals surface area contributed by atoms with E-state index in [0.29, 0.717) is 24.5 Å². The van der Waals surface area contributed by atoms with Gasteiger partial charge in [0, 0.05) is 31.0 Å². The van der Waals surface area contributed by atoms with Crippen molar-refractivity contribution in [2.45, 2.75) is 38.3 Å². The van der Waals surface area contributed by atoms with Gasteiger partial charge in [0.05, 0.1) is 6.04 Å². The molecule has 20 heavy (non-hydrogen) atoms. The van der Waals surface area contributed by atoms with Crippen LogP contribution in [0.2, 0.25) is 5.02 Å². The van der Waals surface area contributed by atoms with Crippen molar-refractivity contribution < 1.29 is 9.53 Å². The number of halogens is 1. The van der Waals surface area contributed by atoms with Gasteiger partial charge in [-0.05, 0) is 30.7 Å². The molecular formula is C15H21ClN2O2. The average molecular weight is 297 g/mol. The van der Waals surface area contributed by atoms with E-state index in [9.17, 15) is 4.79 Å². The van der Waals surface area contributed by atoms with Gasteiger partial charge in [-0.1, -0.05) is 18.5 Å². The second-order valence-electron chi connectivity index (χ2n) is 5.11. The minimum atomic E-state index is -0.372. The SMILES string of the molecule is CC[C@H](N)C(=O)N1CCC(Oc2ccc(Cl)cc2)CC1. The third kappa shape index (κ3) is 3.87. The summed E-state index contributed by atoms with van der Waals surface area (Å²) in [6, 6.07) is 6.99. The van der Waals surface area contributed by atoms with Crippen LogP contribution in [0.5, 0.6) is 5.75 Å². The number of likely N-dealkylation sites (tertiary alicyclic amines) is 1. The maximum atomic E-state index is 12.0. The normalized spacial score (nSPS) is 17.9. The van der Waals surface area contributed by atoms with Gasteiger partial charge in [0.1, 0.15) is 11.9 Å². The zero-order chi connectivity index (χ0) is 14.5. The second-order valence-corrected chi connectivity index (χ2v) is 5.55. The molecule has 0 saturated carbocycles. The molecule has 1 aliphatic heterocycles. The first kappa shape index (κ1) is 15.1. The van der Waals surface area contributed by atoms with Crippen molar-refractivity contribution >= 4 is 17.5 Å². The summed E-state index contributed by atoms with van der Waals surface area (Å²) < 4.78 is 5.90. The van der Waals surface area contributed by atoms with Gasteiger partial charge in [-0.2, -0.15) is 0 Å².